The maximum Gasteiger partial charge on any atom is 0.416 e. The minimum atomic E-state index is -4.41. The highest BCUT2D eigenvalue weighted by molar-refractivity contribution is 5.72. The number of ether oxygens (including phenoxy) is 1. The van der Waals surface area contributed by atoms with Gasteiger partial charge in [0.15, 0.2) is 0 Å². The van der Waals surface area contributed by atoms with Gasteiger partial charge in [-0.05, 0) is 66.8 Å². The van der Waals surface area contributed by atoms with Gasteiger partial charge in [-0.15, -0.1) is 0 Å². The van der Waals surface area contributed by atoms with Crippen LogP contribution in [0.1, 0.15) is 64.7 Å². The Bertz CT molecular complexity index is 1610. The van der Waals surface area contributed by atoms with E-state index in [9.17, 15) is 31.1 Å². The van der Waals surface area contributed by atoms with Crippen LogP contribution in [-0.2, 0) is 30.2 Å². The zero-order valence-corrected chi connectivity index (χ0v) is 24.4. The topological polar surface area (TPSA) is 108 Å². The zero-order chi connectivity index (χ0) is 33.2. The summed E-state index contributed by atoms with van der Waals surface area (Å²) in [5.74, 6) is 0.519. The SMILES string of the molecule is NC(=O)N(CCCCCOCc1coc(/C=C/c2ccc(C(F)(F)F)cc2)n1)Cc1coc(/C=C/c2ccc(C(F)(F)F)cc2)n1. The molecule has 0 spiro atoms. The van der Waals surface area contributed by atoms with Crippen molar-refractivity contribution in [2.24, 2.45) is 5.73 Å². The van der Waals surface area contributed by atoms with Gasteiger partial charge in [0.25, 0.3) is 0 Å². The molecule has 0 saturated carbocycles. The molecule has 4 aromatic rings. The number of hydrogen-bond donors (Lipinski definition) is 1. The van der Waals surface area contributed by atoms with Gasteiger partial charge in [0.2, 0.25) is 11.8 Å². The molecule has 0 atom stereocenters. The number of urea groups is 1. The molecule has 0 aliphatic carbocycles. The molecule has 46 heavy (non-hydrogen) atoms. The average molecular weight is 649 g/mol. The van der Waals surface area contributed by atoms with Crippen LogP contribution < -0.4 is 5.73 Å². The van der Waals surface area contributed by atoms with E-state index in [1.54, 1.807) is 18.2 Å². The lowest BCUT2D eigenvalue weighted by molar-refractivity contribution is -0.138. The molecular weight excluding hydrogens is 618 g/mol. The summed E-state index contributed by atoms with van der Waals surface area (Å²) in [6.07, 6.45) is 2.39. The normalized spacial score (nSPS) is 12.4. The fourth-order valence-corrected chi connectivity index (χ4v) is 4.16. The number of alkyl halides is 6. The summed E-state index contributed by atoms with van der Waals surface area (Å²) < 4.78 is 92.6. The number of primary amides is 1. The molecule has 0 aliphatic heterocycles. The summed E-state index contributed by atoms with van der Waals surface area (Å²) in [5, 5.41) is 0. The van der Waals surface area contributed by atoms with Crippen molar-refractivity contribution >= 4 is 30.3 Å². The lowest BCUT2D eigenvalue weighted by Crippen LogP contribution is -2.36. The maximum absolute atomic E-state index is 12.7. The molecule has 2 aromatic heterocycles. The molecule has 0 bridgehead atoms. The number of carbonyl (C=O) groups excluding carboxylic acids is 1. The number of aromatic nitrogens is 2. The van der Waals surface area contributed by atoms with Crippen molar-refractivity contribution in [3.05, 3.63) is 106 Å². The van der Waals surface area contributed by atoms with Gasteiger partial charge in [0.1, 0.15) is 18.2 Å². The highest BCUT2D eigenvalue weighted by Gasteiger charge is 2.30. The molecule has 2 heterocycles. The smallest absolute Gasteiger partial charge is 0.416 e. The van der Waals surface area contributed by atoms with E-state index in [1.807, 2.05) is 0 Å². The van der Waals surface area contributed by atoms with Gasteiger partial charge in [0, 0.05) is 25.3 Å². The maximum atomic E-state index is 12.7. The van der Waals surface area contributed by atoms with Crippen molar-refractivity contribution < 1.29 is 44.7 Å². The first kappa shape index (κ1) is 34.0. The van der Waals surface area contributed by atoms with Gasteiger partial charge in [-0.3, -0.25) is 0 Å². The van der Waals surface area contributed by atoms with Crippen molar-refractivity contribution in [3.8, 4) is 0 Å². The highest BCUT2D eigenvalue weighted by Crippen LogP contribution is 2.30. The van der Waals surface area contributed by atoms with Crippen LogP contribution in [0.25, 0.3) is 24.3 Å². The molecule has 0 unspecified atom stereocenters. The van der Waals surface area contributed by atoms with Crippen LogP contribution in [-0.4, -0.2) is 34.1 Å². The van der Waals surface area contributed by atoms with Gasteiger partial charge in [0.05, 0.1) is 30.0 Å². The summed E-state index contributed by atoms with van der Waals surface area (Å²) in [6, 6.07) is 8.76. The zero-order valence-electron chi connectivity index (χ0n) is 24.4. The summed E-state index contributed by atoms with van der Waals surface area (Å²) in [6.45, 7) is 1.17. The molecular formula is C32H30F6N4O4. The summed E-state index contributed by atoms with van der Waals surface area (Å²) in [4.78, 5) is 21.9. The van der Waals surface area contributed by atoms with E-state index in [-0.39, 0.29) is 19.0 Å². The molecule has 0 saturated heterocycles. The Morgan fingerprint density at radius 3 is 1.74 bits per heavy atom. The first-order valence-electron chi connectivity index (χ1n) is 14.1. The van der Waals surface area contributed by atoms with Crippen molar-refractivity contribution in [2.75, 3.05) is 13.2 Å². The van der Waals surface area contributed by atoms with Gasteiger partial charge in [-0.2, -0.15) is 26.3 Å². The van der Waals surface area contributed by atoms with Crippen molar-refractivity contribution in [1.82, 2.24) is 14.9 Å². The Labute approximate surface area is 260 Å². The second kappa shape index (κ2) is 15.4. The Kier molecular flexibility index (Phi) is 11.4. The van der Waals surface area contributed by atoms with E-state index in [1.165, 1.54) is 47.8 Å². The van der Waals surface area contributed by atoms with Crippen LogP contribution >= 0.6 is 0 Å². The molecule has 2 N–H and O–H groups in total. The Balaban J connectivity index is 1.13. The predicted octanol–water partition coefficient (Wildman–Crippen LogP) is 8.31. The third-order valence-electron chi connectivity index (χ3n) is 6.58. The number of oxazole rings is 2. The Hall–Kier alpha value is -4.85. The second-order valence-corrected chi connectivity index (χ2v) is 10.1. The fourth-order valence-electron chi connectivity index (χ4n) is 4.16. The minimum absolute atomic E-state index is 0.130. The number of nitrogens with two attached hydrogens (primary N) is 1. The molecule has 0 radical (unpaired) electrons. The van der Waals surface area contributed by atoms with Crippen molar-refractivity contribution in [3.63, 3.8) is 0 Å². The first-order valence-corrected chi connectivity index (χ1v) is 14.1. The van der Waals surface area contributed by atoms with Crippen LogP contribution in [0.15, 0.2) is 69.9 Å². The van der Waals surface area contributed by atoms with Gasteiger partial charge >= 0.3 is 18.4 Å². The average Bonchev–Trinajstić information content (AvgIpc) is 3.66. The van der Waals surface area contributed by atoms with E-state index < -0.39 is 29.5 Å². The standard InChI is InChI=1S/C32H30F6N4O4/c33-31(34,35)24-10-4-22(5-11-24)8-14-28-40-26(20-45-28)18-42(30(39)43)16-2-1-3-17-44-19-27-21-46-29(41-27)15-9-23-6-12-25(13-7-23)32(36,37)38/h4-15,20-21H,1-3,16-19H2,(H2,39,43)/b14-8+,15-9+. The molecule has 8 nitrogen and oxygen atoms in total. The third-order valence-corrected chi connectivity index (χ3v) is 6.58. The lowest BCUT2D eigenvalue weighted by atomic mass is 10.1. The minimum Gasteiger partial charge on any atom is -0.445 e. The van der Waals surface area contributed by atoms with Crippen LogP contribution in [0.2, 0.25) is 0 Å². The number of rotatable bonds is 14. The van der Waals surface area contributed by atoms with Gasteiger partial charge in [-0.1, -0.05) is 24.3 Å². The van der Waals surface area contributed by atoms with E-state index >= 15 is 0 Å². The molecule has 0 aliphatic rings. The lowest BCUT2D eigenvalue weighted by Gasteiger charge is -2.18. The Morgan fingerprint density at radius 1 is 0.739 bits per heavy atom. The molecule has 2 amide bonds. The van der Waals surface area contributed by atoms with Gasteiger partial charge in [-0.25, -0.2) is 14.8 Å². The molecule has 0 fully saturated rings. The number of halogens is 6. The number of unbranched alkanes of at least 4 members (excludes halogenated alkanes) is 2. The van der Waals surface area contributed by atoms with Crippen LogP contribution in [0.4, 0.5) is 31.1 Å². The van der Waals surface area contributed by atoms with E-state index in [0.29, 0.717) is 54.4 Å². The van der Waals surface area contributed by atoms with Crippen LogP contribution in [0.5, 0.6) is 0 Å². The molecule has 2 aromatic carbocycles. The monoisotopic (exact) mass is 648 g/mol. The molecule has 4 rings (SSSR count). The Morgan fingerprint density at radius 2 is 1.24 bits per heavy atom. The van der Waals surface area contributed by atoms with Crippen molar-refractivity contribution in [1.29, 1.82) is 0 Å². The predicted molar refractivity (Wildman–Crippen MR) is 157 cm³/mol. The third kappa shape index (κ3) is 10.6. The first-order chi connectivity index (χ1) is 21.9. The summed E-state index contributed by atoms with van der Waals surface area (Å²) >= 11 is 0. The number of benzene rings is 2. The van der Waals surface area contributed by atoms with Gasteiger partial charge < -0.3 is 24.2 Å². The quantitative estimate of drug-likeness (QED) is 0.109. The number of amides is 2. The largest absolute Gasteiger partial charge is 0.445 e. The summed E-state index contributed by atoms with van der Waals surface area (Å²) in [7, 11) is 0. The van der Waals surface area contributed by atoms with E-state index in [0.717, 1.165) is 30.7 Å². The number of nitrogens with zero attached hydrogens (tertiary/aromatic N) is 3. The highest BCUT2D eigenvalue weighted by atomic mass is 19.4. The van der Waals surface area contributed by atoms with Crippen molar-refractivity contribution in [2.45, 2.75) is 44.8 Å². The molecule has 244 valence electrons. The second-order valence-electron chi connectivity index (χ2n) is 10.1. The van der Waals surface area contributed by atoms with Crippen LogP contribution in [0, 0.1) is 0 Å². The van der Waals surface area contributed by atoms with E-state index in [4.69, 9.17) is 19.3 Å². The summed E-state index contributed by atoms with van der Waals surface area (Å²) in [5.41, 5.74) is 6.19. The fraction of sp³-hybridized carbons (Fsp3) is 0.281. The number of hydrogen-bond acceptors (Lipinski definition) is 6. The molecule has 14 heteroatoms. The van der Waals surface area contributed by atoms with Crippen LogP contribution in [0.3, 0.4) is 0 Å². The number of carbonyl (C=O) groups is 1. The van der Waals surface area contributed by atoms with E-state index in [2.05, 4.69) is 9.97 Å².